The molecule has 6 heteroatoms. The molecule has 1 amide bonds. The van der Waals surface area contributed by atoms with Crippen LogP contribution in [0.15, 0.2) is 12.4 Å². The van der Waals surface area contributed by atoms with Gasteiger partial charge in [0.05, 0.1) is 5.92 Å². The highest BCUT2D eigenvalue weighted by Crippen LogP contribution is 2.34. The number of rotatable bonds is 2. The lowest BCUT2D eigenvalue weighted by Crippen LogP contribution is -2.44. The fourth-order valence-corrected chi connectivity index (χ4v) is 2.31. The molecule has 2 heterocycles. The van der Waals surface area contributed by atoms with Gasteiger partial charge >= 0.3 is 5.97 Å². The van der Waals surface area contributed by atoms with Gasteiger partial charge in [-0.05, 0) is 6.42 Å². The van der Waals surface area contributed by atoms with Crippen LogP contribution in [0.4, 0.5) is 0 Å². The molecule has 1 N–H and O–H groups in total. The number of aromatic nitrogens is 2. The highest BCUT2D eigenvalue weighted by atomic mass is 16.4. The summed E-state index contributed by atoms with van der Waals surface area (Å²) in [5.41, 5.74) is 0. The van der Waals surface area contributed by atoms with Crippen molar-refractivity contribution in [3.8, 4) is 0 Å². The topological polar surface area (TPSA) is 75.4 Å². The minimum Gasteiger partial charge on any atom is -0.481 e. The van der Waals surface area contributed by atoms with Crippen LogP contribution in [0.1, 0.15) is 24.7 Å². The van der Waals surface area contributed by atoms with Crippen molar-refractivity contribution in [2.75, 3.05) is 7.05 Å². The number of imidazole rings is 1. The normalized spacial score (nSPS) is 25.1. The summed E-state index contributed by atoms with van der Waals surface area (Å²) in [7, 11) is 3.44. The number of carboxylic acids is 1. The Labute approximate surface area is 98.9 Å². The summed E-state index contributed by atoms with van der Waals surface area (Å²) in [5.74, 6) is -0.875. The van der Waals surface area contributed by atoms with E-state index in [2.05, 4.69) is 4.98 Å². The molecule has 1 aliphatic heterocycles. The number of hydrogen-bond acceptors (Lipinski definition) is 3. The van der Waals surface area contributed by atoms with Crippen molar-refractivity contribution in [1.82, 2.24) is 14.5 Å². The van der Waals surface area contributed by atoms with Crippen LogP contribution >= 0.6 is 0 Å². The molecule has 1 saturated heterocycles. The number of likely N-dealkylation sites (tertiary alicyclic amines) is 1. The maximum Gasteiger partial charge on any atom is 0.309 e. The molecule has 1 aromatic rings. The molecule has 1 fully saturated rings. The lowest BCUT2D eigenvalue weighted by atomic mass is 9.88. The van der Waals surface area contributed by atoms with Gasteiger partial charge < -0.3 is 14.6 Å². The number of aliphatic carboxylic acids is 1. The van der Waals surface area contributed by atoms with Crippen LogP contribution in [0.2, 0.25) is 0 Å². The van der Waals surface area contributed by atoms with E-state index < -0.39 is 17.9 Å². The van der Waals surface area contributed by atoms with E-state index in [4.69, 9.17) is 0 Å². The molecule has 0 saturated carbocycles. The van der Waals surface area contributed by atoms with Crippen LogP contribution in [-0.2, 0) is 16.6 Å². The quantitative estimate of drug-likeness (QED) is 0.808. The molecule has 2 rings (SSSR count). The molecular weight excluding hydrogens is 222 g/mol. The summed E-state index contributed by atoms with van der Waals surface area (Å²) in [6, 6.07) is -0.478. The van der Waals surface area contributed by atoms with Crippen molar-refractivity contribution < 1.29 is 14.7 Å². The Morgan fingerprint density at radius 2 is 2.24 bits per heavy atom. The molecule has 6 nitrogen and oxygen atoms in total. The molecule has 0 spiro atoms. The van der Waals surface area contributed by atoms with Gasteiger partial charge in [0.25, 0.3) is 0 Å². The van der Waals surface area contributed by atoms with Gasteiger partial charge in [-0.15, -0.1) is 0 Å². The maximum atomic E-state index is 11.7. The third-order valence-corrected chi connectivity index (χ3v) is 3.30. The smallest absolute Gasteiger partial charge is 0.309 e. The van der Waals surface area contributed by atoms with Gasteiger partial charge in [0.1, 0.15) is 11.9 Å². The van der Waals surface area contributed by atoms with Gasteiger partial charge in [-0.3, -0.25) is 9.59 Å². The summed E-state index contributed by atoms with van der Waals surface area (Å²) in [6.45, 7) is 0. The van der Waals surface area contributed by atoms with Gasteiger partial charge in [0.15, 0.2) is 0 Å². The molecule has 0 radical (unpaired) electrons. The Bertz CT molecular complexity index is 455. The minimum atomic E-state index is -0.877. The number of aryl methyl sites for hydroxylation is 1. The number of carboxylic acid groups (broad SMARTS) is 1. The van der Waals surface area contributed by atoms with Crippen molar-refractivity contribution in [1.29, 1.82) is 0 Å². The van der Waals surface area contributed by atoms with E-state index >= 15 is 0 Å². The number of nitrogens with zero attached hydrogens (tertiary/aromatic N) is 3. The zero-order chi connectivity index (χ0) is 12.6. The zero-order valence-electron chi connectivity index (χ0n) is 9.83. The van der Waals surface area contributed by atoms with Gasteiger partial charge in [0.2, 0.25) is 5.91 Å². The van der Waals surface area contributed by atoms with Crippen LogP contribution in [0.3, 0.4) is 0 Å². The van der Waals surface area contributed by atoms with E-state index in [1.54, 1.807) is 31.1 Å². The third-order valence-electron chi connectivity index (χ3n) is 3.30. The van der Waals surface area contributed by atoms with Crippen LogP contribution in [0.5, 0.6) is 0 Å². The largest absolute Gasteiger partial charge is 0.481 e. The first-order valence-electron chi connectivity index (χ1n) is 5.48. The van der Waals surface area contributed by atoms with E-state index in [1.807, 2.05) is 0 Å². The fraction of sp³-hybridized carbons (Fsp3) is 0.545. The van der Waals surface area contributed by atoms with Gasteiger partial charge in [-0.1, -0.05) is 0 Å². The summed E-state index contributed by atoms with van der Waals surface area (Å²) < 4.78 is 1.76. The molecule has 2 unspecified atom stereocenters. The Morgan fingerprint density at radius 1 is 1.53 bits per heavy atom. The molecule has 92 valence electrons. The third kappa shape index (κ3) is 1.90. The molecule has 0 aliphatic carbocycles. The Balaban J connectivity index is 2.40. The Kier molecular flexibility index (Phi) is 2.87. The Morgan fingerprint density at radius 3 is 2.76 bits per heavy atom. The highest BCUT2D eigenvalue weighted by Gasteiger charge is 2.40. The minimum absolute atomic E-state index is 0.0319. The molecule has 1 aromatic heterocycles. The highest BCUT2D eigenvalue weighted by molar-refractivity contribution is 5.81. The molecule has 1 aliphatic rings. The second-order valence-electron chi connectivity index (χ2n) is 4.33. The number of amides is 1. The maximum absolute atomic E-state index is 11.7. The summed E-state index contributed by atoms with van der Waals surface area (Å²) in [4.78, 5) is 28.6. The predicted molar refractivity (Wildman–Crippen MR) is 59.1 cm³/mol. The number of hydrogen-bond donors (Lipinski definition) is 1. The van der Waals surface area contributed by atoms with Crippen molar-refractivity contribution in [2.45, 2.75) is 18.9 Å². The van der Waals surface area contributed by atoms with Crippen molar-refractivity contribution in [2.24, 2.45) is 13.0 Å². The monoisotopic (exact) mass is 237 g/mol. The summed E-state index contributed by atoms with van der Waals surface area (Å²) in [6.07, 6.45) is 4.02. The van der Waals surface area contributed by atoms with Crippen molar-refractivity contribution >= 4 is 11.9 Å². The fourth-order valence-electron chi connectivity index (χ4n) is 2.31. The first-order valence-corrected chi connectivity index (χ1v) is 5.48. The van der Waals surface area contributed by atoms with E-state index in [1.165, 1.54) is 4.90 Å². The molecule has 0 bridgehead atoms. The number of carbonyl (C=O) groups excluding carboxylic acids is 1. The standard InChI is InChI=1S/C11H15N3O3/c1-13-6-5-12-10(13)9-7(11(16)17)3-4-8(15)14(9)2/h5-7,9H,3-4H2,1-2H3,(H,16,17). The second kappa shape index (κ2) is 4.20. The molecule has 0 aromatic carbocycles. The van der Waals surface area contributed by atoms with Gasteiger partial charge in [0, 0.05) is 32.9 Å². The number of carbonyl (C=O) groups is 2. The first kappa shape index (κ1) is 11.6. The van der Waals surface area contributed by atoms with E-state index in [0.717, 1.165) is 0 Å². The summed E-state index contributed by atoms with van der Waals surface area (Å²) in [5, 5.41) is 9.23. The van der Waals surface area contributed by atoms with Crippen LogP contribution in [0, 0.1) is 5.92 Å². The van der Waals surface area contributed by atoms with Crippen LogP contribution in [-0.4, -0.2) is 38.5 Å². The average Bonchev–Trinajstić information content (AvgIpc) is 2.68. The van der Waals surface area contributed by atoms with Gasteiger partial charge in [-0.25, -0.2) is 4.98 Å². The van der Waals surface area contributed by atoms with Crippen LogP contribution in [0.25, 0.3) is 0 Å². The molecular formula is C11H15N3O3. The van der Waals surface area contributed by atoms with Crippen molar-refractivity contribution in [3.05, 3.63) is 18.2 Å². The number of piperidine rings is 1. The lowest BCUT2D eigenvalue weighted by Gasteiger charge is -2.36. The summed E-state index contributed by atoms with van der Waals surface area (Å²) >= 11 is 0. The molecule has 2 atom stereocenters. The van der Waals surface area contributed by atoms with E-state index in [9.17, 15) is 14.7 Å². The van der Waals surface area contributed by atoms with Crippen molar-refractivity contribution in [3.63, 3.8) is 0 Å². The Hall–Kier alpha value is -1.85. The SMILES string of the molecule is CN1C(=O)CCC(C(=O)O)C1c1nccn1C. The first-order chi connectivity index (χ1) is 8.02. The zero-order valence-corrected chi connectivity index (χ0v) is 9.83. The second-order valence-corrected chi connectivity index (χ2v) is 4.33. The molecule has 17 heavy (non-hydrogen) atoms. The van der Waals surface area contributed by atoms with E-state index in [-0.39, 0.29) is 12.3 Å². The predicted octanol–water partition coefficient (Wildman–Crippen LogP) is 0.414. The van der Waals surface area contributed by atoms with E-state index in [0.29, 0.717) is 12.2 Å². The lowest BCUT2D eigenvalue weighted by molar-refractivity contribution is -0.151. The van der Waals surface area contributed by atoms with Crippen LogP contribution < -0.4 is 0 Å². The van der Waals surface area contributed by atoms with Gasteiger partial charge in [-0.2, -0.15) is 0 Å². The average molecular weight is 237 g/mol.